The zero-order valence-electron chi connectivity index (χ0n) is 25.6. The standard InChI is InChI=1S/C33H36F2N4O5/c1-19-11-21-12-22(13-26(42-6)29(21)36-15-19)31(40)37-18-33(43-17-24(44-33)16-39(4)5)27-14-25(32(2,3)41)28(35)30(38-27)20-7-9-23(34)10-8-20/h7-15,24,41H,16-18H2,1-6H3,(H,37,40). The topological polar surface area (TPSA) is 106 Å². The van der Waals surface area contributed by atoms with Crippen molar-refractivity contribution in [3.05, 3.63) is 88.7 Å². The Bertz CT molecular complexity index is 1690. The highest BCUT2D eigenvalue weighted by molar-refractivity contribution is 6.00. The van der Waals surface area contributed by atoms with Gasteiger partial charge in [-0.25, -0.2) is 13.8 Å². The average Bonchev–Trinajstić information content (AvgIpc) is 3.38. The highest BCUT2D eigenvalue weighted by Gasteiger charge is 2.46. The monoisotopic (exact) mass is 606 g/mol. The van der Waals surface area contributed by atoms with Gasteiger partial charge in [0.25, 0.3) is 5.91 Å². The van der Waals surface area contributed by atoms with Gasteiger partial charge >= 0.3 is 0 Å². The van der Waals surface area contributed by atoms with Gasteiger partial charge in [0.15, 0.2) is 5.82 Å². The normalized spacial score (nSPS) is 18.6. The predicted octanol–water partition coefficient (Wildman–Crippen LogP) is 4.68. The van der Waals surface area contributed by atoms with Crippen LogP contribution >= 0.6 is 0 Å². The summed E-state index contributed by atoms with van der Waals surface area (Å²) in [6.45, 7) is 5.31. The maximum Gasteiger partial charge on any atom is 0.251 e. The lowest BCUT2D eigenvalue weighted by molar-refractivity contribution is -0.175. The van der Waals surface area contributed by atoms with Crippen LogP contribution in [0.15, 0.2) is 54.7 Å². The number of ether oxygens (including phenoxy) is 3. The van der Waals surface area contributed by atoms with E-state index in [0.717, 1.165) is 10.9 Å². The Morgan fingerprint density at radius 3 is 2.57 bits per heavy atom. The van der Waals surface area contributed by atoms with Gasteiger partial charge in [0.1, 0.15) is 28.5 Å². The number of pyridine rings is 2. The van der Waals surface area contributed by atoms with Crippen LogP contribution in [-0.2, 0) is 20.9 Å². The molecule has 2 atom stereocenters. The van der Waals surface area contributed by atoms with E-state index < -0.39 is 35.0 Å². The van der Waals surface area contributed by atoms with E-state index in [4.69, 9.17) is 14.2 Å². The van der Waals surface area contributed by atoms with E-state index in [9.17, 15) is 14.3 Å². The summed E-state index contributed by atoms with van der Waals surface area (Å²) >= 11 is 0. The Labute approximate surface area is 254 Å². The third-order valence-corrected chi connectivity index (χ3v) is 7.40. The molecule has 2 aromatic heterocycles. The van der Waals surface area contributed by atoms with Gasteiger partial charge in [-0.3, -0.25) is 9.78 Å². The van der Waals surface area contributed by atoms with Crippen molar-refractivity contribution >= 4 is 16.8 Å². The lowest BCUT2D eigenvalue weighted by atomic mass is 9.93. The van der Waals surface area contributed by atoms with Crippen molar-refractivity contribution in [2.75, 3.05) is 40.9 Å². The molecule has 5 rings (SSSR count). The Kier molecular flexibility index (Phi) is 8.68. The number of nitrogens with zero attached hydrogens (tertiary/aromatic N) is 3. The number of rotatable bonds is 9. The summed E-state index contributed by atoms with van der Waals surface area (Å²) in [5, 5.41) is 14.6. The molecule has 0 spiro atoms. The minimum atomic E-state index is -1.63. The zero-order valence-corrected chi connectivity index (χ0v) is 25.6. The van der Waals surface area contributed by atoms with Gasteiger partial charge in [-0.15, -0.1) is 0 Å². The molecule has 0 radical (unpaired) electrons. The number of hydrogen-bond donors (Lipinski definition) is 2. The fourth-order valence-electron chi connectivity index (χ4n) is 5.26. The molecule has 1 aliphatic heterocycles. The number of likely N-dealkylation sites (N-methyl/N-ethyl adjacent to an activating group) is 1. The molecule has 44 heavy (non-hydrogen) atoms. The van der Waals surface area contributed by atoms with E-state index in [1.54, 1.807) is 18.3 Å². The first kappa shape index (κ1) is 31.4. The zero-order chi connectivity index (χ0) is 31.8. The van der Waals surface area contributed by atoms with Crippen molar-refractivity contribution in [3.8, 4) is 17.0 Å². The fraction of sp³-hybridized carbons (Fsp3) is 0.364. The smallest absolute Gasteiger partial charge is 0.251 e. The highest BCUT2D eigenvalue weighted by atomic mass is 19.1. The van der Waals surface area contributed by atoms with Crippen molar-refractivity contribution in [2.45, 2.75) is 38.3 Å². The maximum atomic E-state index is 15.9. The number of fused-ring (bicyclic) bond motifs is 1. The molecule has 232 valence electrons. The van der Waals surface area contributed by atoms with Gasteiger partial charge in [0.2, 0.25) is 5.79 Å². The molecule has 4 aromatic rings. The van der Waals surface area contributed by atoms with Gasteiger partial charge in [0, 0.05) is 34.8 Å². The predicted molar refractivity (Wildman–Crippen MR) is 161 cm³/mol. The van der Waals surface area contributed by atoms with E-state index in [-0.39, 0.29) is 30.1 Å². The van der Waals surface area contributed by atoms with Crippen molar-refractivity contribution in [2.24, 2.45) is 0 Å². The molecule has 0 aliphatic carbocycles. The summed E-state index contributed by atoms with van der Waals surface area (Å²) in [6, 6.07) is 11.8. The number of amides is 1. The number of benzene rings is 2. The van der Waals surface area contributed by atoms with Crippen LogP contribution in [0.2, 0.25) is 0 Å². The van der Waals surface area contributed by atoms with Crippen LogP contribution in [-0.4, -0.2) is 72.9 Å². The van der Waals surface area contributed by atoms with E-state index in [1.807, 2.05) is 32.0 Å². The molecule has 2 aromatic carbocycles. The average molecular weight is 607 g/mol. The lowest BCUT2D eigenvalue weighted by Crippen LogP contribution is -2.43. The molecule has 9 nitrogen and oxygen atoms in total. The first-order valence-electron chi connectivity index (χ1n) is 14.2. The Hall–Kier alpha value is -4.03. The van der Waals surface area contributed by atoms with Crippen molar-refractivity contribution in [3.63, 3.8) is 0 Å². The number of carbonyl (C=O) groups is 1. The van der Waals surface area contributed by atoms with Crippen LogP contribution < -0.4 is 10.1 Å². The van der Waals surface area contributed by atoms with Crippen molar-refractivity contribution < 1.29 is 32.9 Å². The Morgan fingerprint density at radius 1 is 1.18 bits per heavy atom. The minimum Gasteiger partial charge on any atom is -0.494 e. The quantitative estimate of drug-likeness (QED) is 0.283. The molecular weight excluding hydrogens is 570 g/mol. The highest BCUT2D eigenvalue weighted by Crippen LogP contribution is 2.38. The van der Waals surface area contributed by atoms with Gasteiger partial charge in [-0.2, -0.15) is 0 Å². The molecular formula is C33H36F2N4O5. The second-order valence-electron chi connectivity index (χ2n) is 11.8. The summed E-state index contributed by atoms with van der Waals surface area (Å²) < 4.78 is 47.8. The number of aromatic nitrogens is 2. The molecule has 1 amide bonds. The van der Waals surface area contributed by atoms with Gasteiger partial charge in [-0.1, -0.05) is 0 Å². The molecule has 11 heteroatoms. The number of aliphatic hydroxyl groups is 1. The summed E-state index contributed by atoms with van der Waals surface area (Å²) in [7, 11) is 5.30. The largest absolute Gasteiger partial charge is 0.494 e. The number of nitrogens with one attached hydrogen (secondary N) is 1. The van der Waals surface area contributed by atoms with Gasteiger partial charge in [-0.05, 0) is 89.0 Å². The van der Waals surface area contributed by atoms with Crippen LogP contribution in [0, 0.1) is 18.6 Å². The molecule has 2 N–H and O–H groups in total. The number of aryl methyl sites for hydroxylation is 1. The molecule has 1 fully saturated rings. The van der Waals surface area contributed by atoms with Crippen LogP contribution in [0.5, 0.6) is 5.75 Å². The summed E-state index contributed by atoms with van der Waals surface area (Å²) in [5.41, 5.74) is 0.542. The first-order valence-corrected chi connectivity index (χ1v) is 14.2. The minimum absolute atomic E-state index is 0.0575. The third kappa shape index (κ3) is 6.41. The summed E-state index contributed by atoms with van der Waals surface area (Å²) in [4.78, 5) is 24.5. The Balaban J connectivity index is 1.57. The van der Waals surface area contributed by atoms with Crippen molar-refractivity contribution in [1.82, 2.24) is 20.2 Å². The molecule has 1 saturated heterocycles. The van der Waals surface area contributed by atoms with Crippen LogP contribution in [0.25, 0.3) is 22.2 Å². The molecule has 0 bridgehead atoms. The Morgan fingerprint density at radius 2 is 1.91 bits per heavy atom. The molecule has 0 saturated carbocycles. The SMILES string of the molecule is COc1cc(C(=O)NCC2(c3cc(C(C)(C)O)c(F)c(-c4ccc(F)cc4)n3)OCC(CN(C)C)O2)cc2cc(C)cnc12. The molecule has 1 aliphatic rings. The van der Waals surface area contributed by atoms with Gasteiger partial charge in [0.05, 0.1) is 32.0 Å². The van der Waals surface area contributed by atoms with Crippen LogP contribution in [0.1, 0.15) is 41.0 Å². The number of halogens is 2. The number of carbonyl (C=O) groups excluding carboxylic acids is 1. The molecule has 2 unspecified atom stereocenters. The van der Waals surface area contributed by atoms with E-state index in [2.05, 4.69) is 15.3 Å². The number of methoxy groups -OCH3 is 1. The fourth-order valence-corrected chi connectivity index (χ4v) is 5.26. The number of hydrogen-bond acceptors (Lipinski definition) is 8. The summed E-state index contributed by atoms with van der Waals surface area (Å²) in [5.74, 6) is -2.86. The van der Waals surface area contributed by atoms with E-state index in [0.29, 0.717) is 28.9 Å². The second-order valence-corrected chi connectivity index (χ2v) is 11.8. The van der Waals surface area contributed by atoms with Crippen molar-refractivity contribution in [1.29, 1.82) is 0 Å². The van der Waals surface area contributed by atoms with Gasteiger partial charge < -0.3 is 29.5 Å². The first-order chi connectivity index (χ1) is 20.8. The summed E-state index contributed by atoms with van der Waals surface area (Å²) in [6.07, 6.45) is 1.33. The molecule has 3 heterocycles. The van der Waals surface area contributed by atoms with Crippen LogP contribution in [0.3, 0.4) is 0 Å². The second kappa shape index (κ2) is 12.2. The van der Waals surface area contributed by atoms with E-state index in [1.165, 1.54) is 51.3 Å². The van der Waals surface area contributed by atoms with Crippen LogP contribution in [0.4, 0.5) is 8.78 Å². The maximum absolute atomic E-state index is 15.9. The third-order valence-electron chi connectivity index (χ3n) is 7.40. The lowest BCUT2D eigenvalue weighted by Gasteiger charge is -2.30. The van der Waals surface area contributed by atoms with E-state index >= 15 is 4.39 Å².